The van der Waals surface area contributed by atoms with Crippen LogP contribution in [0.5, 0.6) is 23.0 Å². The molecule has 0 aromatic heterocycles. The number of ether oxygens (including phenoxy) is 4. The minimum Gasteiger partial charge on any atom is -0.497 e. The van der Waals surface area contributed by atoms with Crippen LogP contribution in [0.15, 0.2) is 66.7 Å². The number of aliphatic hydroxyl groups excluding tert-OH is 1. The van der Waals surface area contributed by atoms with E-state index in [1.54, 1.807) is 19.2 Å². The average Bonchev–Trinajstić information content (AvgIpc) is 3.30. The Morgan fingerprint density at radius 2 is 1.74 bits per heavy atom. The van der Waals surface area contributed by atoms with Gasteiger partial charge in [-0.1, -0.05) is 30.3 Å². The highest BCUT2D eigenvalue weighted by Gasteiger charge is 2.41. The van der Waals surface area contributed by atoms with E-state index in [1.165, 1.54) is 11.6 Å². The van der Waals surface area contributed by atoms with Crippen molar-refractivity contribution in [2.45, 2.75) is 37.6 Å². The van der Waals surface area contributed by atoms with Gasteiger partial charge >= 0.3 is 5.97 Å². The first-order chi connectivity index (χ1) is 18.4. The lowest BCUT2D eigenvalue weighted by Crippen LogP contribution is -2.49. The van der Waals surface area contributed by atoms with Crippen LogP contribution in [0.4, 0.5) is 0 Å². The number of aromatic carboxylic acids is 1. The standard InChI is InChI=1S/C30H33NO7.ClH/c1-35-24-8-6-21(7-9-24)19-36-25-10-11-26(29(33)34)28(16-25)37-20-23(32)18-31-14-12-30(13-15-31)17-22-4-2-3-5-27(22)38-30;/h2-11,16,23,32H,12-15,17-20H2,1H3,(H,33,34);1H/t23-;/m0./s1. The molecule has 5 rings (SSSR count). The number of fused-ring (bicyclic) bond motifs is 1. The van der Waals surface area contributed by atoms with Crippen molar-refractivity contribution >= 4 is 18.4 Å². The Hall–Kier alpha value is -3.46. The van der Waals surface area contributed by atoms with Crippen LogP contribution in [-0.4, -0.2) is 66.1 Å². The Bertz CT molecular complexity index is 1230. The van der Waals surface area contributed by atoms with E-state index in [9.17, 15) is 15.0 Å². The first kappa shape index (κ1) is 28.5. The van der Waals surface area contributed by atoms with Gasteiger partial charge in [-0.15, -0.1) is 12.4 Å². The highest BCUT2D eigenvalue weighted by molar-refractivity contribution is 5.91. The van der Waals surface area contributed by atoms with Gasteiger partial charge in [0.2, 0.25) is 0 Å². The van der Waals surface area contributed by atoms with E-state index in [2.05, 4.69) is 11.0 Å². The first-order valence-electron chi connectivity index (χ1n) is 12.9. The van der Waals surface area contributed by atoms with E-state index in [1.807, 2.05) is 42.5 Å². The number of rotatable bonds is 10. The second kappa shape index (κ2) is 12.6. The van der Waals surface area contributed by atoms with E-state index >= 15 is 0 Å². The van der Waals surface area contributed by atoms with Crippen LogP contribution >= 0.6 is 12.4 Å². The molecule has 2 aliphatic heterocycles. The maximum atomic E-state index is 11.7. The molecular formula is C30H34ClNO7. The summed E-state index contributed by atoms with van der Waals surface area (Å²) in [5.41, 5.74) is 2.08. The van der Waals surface area contributed by atoms with Crippen LogP contribution in [0.1, 0.15) is 34.3 Å². The van der Waals surface area contributed by atoms with Crippen molar-refractivity contribution in [2.75, 3.05) is 33.4 Å². The molecule has 3 aromatic carbocycles. The average molecular weight is 556 g/mol. The van der Waals surface area contributed by atoms with Crippen molar-refractivity contribution in [1.29, 1.82) is 0 Å². The molecule has 0 bridgehead atoms. The van der Waals surface area contributed by atoms with Crippen LogP contribution in [0.25, 0.3) is 0 Å². The summed E-state index contributed by atoms with van der Waals surface area (Å²) in [5, 5.41) is 20.3. The zero-order valence-corrected chi connectivity index (χ0v) is 22.7. The van der Waals surface area contributed by atoms with Gasteiger partial charge in [-0.2, -0.15) is 0 Å². The molecule has 2 N–H and O–H groups in total. The number of β-amino-alcohol motifs (C(OH)–C–C–N with tert-alkyl or cyclic N) is 1. The molecule has 2 aliphatic rings. The van der Waals surface area contributed by atoms with E-state index in [-0.39, 0.29) is 35.9 Å². The molecule has 1 saturated heterocycles. The van der Waals surface area contributed by atoms with E-state index < -0.39 is 12.1 Å². The third-order valence-electron chi connectivity index (χ3n) is 7.23. The van der Waals surface area contributed by atoms with Gasteiger partial charge in [0.15, 0.2) is 0 Å². The normalized spacial score (nSPS) is 16.5. The SMILES string of the molecule is COc1ccc(COc2ccc(C(=O)O)c(OC[C@@H](O)CN3CCC4(CC3)Cc3ccccc3O4)c2)cc1.Cl. The molecule has 0 saturated carbocycles. The monoisotopic (exact) mass is 555 g/mol. The minimum absolute atomic E-state index is 0. The summed E-state index contributed by atoms with van der Waals surface area (Å²) in [6.07, 6.45) is 1.95. The molecule has 3 aromatic rings. The van der Waals surface area contributed by atoms with Crippen molar-refractivity contribution < 1.29 is 34.0 Å². The topological polar surface area (TPSA) is 97.7 Å². The highest BCUT2D eigenvalue weighted by atomic mass is 35.5. The van der Waals surface area contributed by atoms with Gasteiger partial charge in [0.1, 0.15) is 53.5 Å². The summed E-state index contributed by atoms with van der Waals surface area (Å²) in [5.74, 6) is 1.29. The third-order valence-corrected chi connectivity index (χ3v) is 7.23. The lowest BCUT2D eigenvalue weighted by molar-refractivity contribution is -0.00204. The van der Waals surface area contributed by atoms with E-state index in [0.717, 1.165) is 49.4 Å². The second-order valence-corrected chi connectivity index (χ2v) is 9.93. The fourth-order valence-corrected chi connectivity index (χ4v) is 5.10. The summed E-state index contributed by atoms with van der Waals surface area (Å²) < 4.78 is 23.1. The van der Waals surface area contributed by atoms with Gasteiger partial charge in [0.05, 0.1) is 7.11 Å². The predicted molar refractivity (Wildman–Crippen MR) is 149 cm³/mol. The molecule has 1 spiro atoms. The number of carbonyl (C=O) groups is 1. The Balaban J connectivity index is 0.00000353. The van der Waals surface area contributed by atoms with Crippen LogP contribution in [-0.2, 0) is 13.0 Å². The van der Waals surface area contributed by atoms with Gasteiger partial charge in [-0.05, 0) is 41.5 Å². The molecule has 0 aliphatic carbocycles. The number of nitrogens with zero attached hydrogens (tertiary/aromatic N) is 1. The molecule has 208 valence electrons. The van der Waals surface area contributed by atoms with Gasteiger partial charge in [0, 0.05) is 45.0 Å². The molecule has 9 heteroatoms. The molecule has 0 amide bonds. The van der Waals surface area contributed by atoms with Crippen molar-refractivity contribution in [1.82, 2.24) is 4.90 Å². The number of hydrogen-bond acceptors (Lipinski definition) is 7. The number of piperidine rings is 1. The van der Waals surface area contributed by atoms with E-state index in [4.69, 9.17) is 18.9 Å². The summed E-state index contributed by atoms with van der Waals surface area (Å²) in [7, 11) is 1.61. The summed E-state index contributed by atoms with van der Waals surface area (Å²) in [6, 6.07) is 20.3. The second-order valence-electron chi connectivity index (χ2n) is 9.93. The number of likely N-dealkylation sites (tertiary alicyclic amines) is 1. The molecule has 1 fully saturated rings. The Labute approximate surface area is 234 Å². The number of hydrogen-bond donors (Lipinski definition) is 2. The Kier molecular flexibility index (Phi) is 9.22. The fraction of sp³-hybridized carbons (Fsp3) is 0.367. The fourth-order valence-electron chi connectivity index (χ4n) is 5.10. The number of aliphatic hydroxyl groups is 1. The first-order valence-corrected chi connectivity index (χ1v) is 12.9. The molecule has 39 heavy (non-hydrogen) atoms. The smallest absolute Gasteiger partial charge is 0.339 e. The van der Waals surface area contributed by atoms with Gasteiger partial charge in [0.25, 0.3) is 0 Å². The summed E-state index contributed by atoms with van der Waals surface area (Å²) >= 11 is 0. The number of benzene rings is 3. The third kappa shape index (κ3) is 6.95. The lowest BCUT2D eigenvalue weighted by Gasteiger charge is -2.39. The van der Waals surface area contributed by atoms with Crippen molar-refractivity contribution in [2.24, 2.45) is 0 Å². The van der Waals surface area contributed by atoms with Crippen molar-refractivity contribution in [3.05, 3.63) is 83.4 Å². The molecule has 8 nitrogen and oxygen atoms in total. The van der Waals surface area contributed by atoms with Crippen molar-refractivity contribution in [3.63, 3.8) is 0 Å². The quantitative estimate of drug-likeness (QED) is 0.374. The van der Waals surface area contributed by atoms with Crippen LogP contribution in [0.2, 0.25) is 0 Å². The number of carboxylic acids is 1. The molecule has 1 atom stereocenters. The summed E-state index contributed by atoms with van der Waals surface area (Å²) in [6.45, 7) is 2.37. The maximum Gasteiger partial charge on any atom is 0.339 e. The molecule has 0 radical (unpaired) electrons. The van der Waals surface area contributed by atoms with Crippen LogP contribution in [0, 0.1) is 0 Å². The molecule has 2 heterocycles. The zero-order valence-electron chi connectivity index (χ0n) is 21.9. The Morgan fingerprint density at radius 3 is 2.44 bits per heavy atom. The summed E-state index contributed by atoms with van der Waals surface area (Å²) in [4.78, 5) is 13.9. The molecule has 0 unspecified atom stereocenters. The highest BCUT2D eigenvalue weighted by Crippen LogP contribution is 2.40. The number of carboxylic acid groups (broad SMARTS) is 1. The largest absolute Gasteiger partial charge is 0.497 e. The Morgan fingerprint density at radius 1 is 1.03 bits per heavy atom. The number of halogens is 1. The lowest BCUT2D eigenvalue weighted by atomic mass is 9.87. The van der Waals surface area contributed by atoms with Gasteiger partial charge in [-0.25, -0.2) is 4.79 Å². The maximum absolute atomic E-state index is 11.7. The van der Waals surface area contributed by atoms with Crippen LogP contribution < -0.4 is 18.9 Å². The van der Waals surface area contributed by atoms with Gasteiger partial charge < -0.3 is 34.1 Å². The van der Waals surface area contributed by atoms with Gasteiger partial charge in [-0.3, -0.25) is 0 Å². The van der Waals surface area contributed by atoms with Crippen molar-refractivity contribution in [3.8, 4) is 23.0 Å². The molecular weight excluding hydrogens is 522 g/mol. The zero-order chi connectivity index (χ0) is 26.5. The number of para-hydroxylation sites is 1. The van der Waals surface area contributed by atoms with E-state index in [0.29, 0.717) is 18.9 Å². The number of methoxy groups -OCH3 is 1. The van der Waals surface area contributed by atoms with Crippen LogP contribution in [0.3, 0.4) is 0 Å². The minimum atomic E-state index is -1.10. The predicted octanol–water partition coefficient (Wildman–Crippen LogP) is 4.60.